The van der Waals surface area contributed by atoms with E-state index < -0.39 is 0 Å². The third kappa shape index (κ3) is 2.84. The van der Waals surface area contributed by atoms with Gasteiger partial charge in [-0.15, -0.1) is 0 Å². The third-order valence-electron chi connectivity index (χ3n) is 2.87. The Labute approximate surface area is 106 Å². The van der Waals surface area contributed by atoms with Gasteiger partial charge in [-0.25, -0.2) is 0 Å². The first kappa shape index (κ1) is 12.5. The van der Waals surface area contributed by atoms with E-state index in [4.69, 9.17) is 0 Å². The van der Waals surface area contributed by atoms with Gasteiger partial charge in [0.05, 0.1) is 7.11 Å². The fraction of sp³-hybridized carbons (Fsp3) is 0.286. The Kier molecular flexibility index (Phi) is 3.89. The molecule has 2 rings (SSSR count). The molecule has 1 aromatic heterocycles. The van der Waals surface area contributed by atoms with Gasteiger partial charge in [0.25, 0.3) is 0 Å². The Morgan fingerprint density at radius 2 is 2.22 bits per heavy atom. The van der Waals surface area contributed by atoms with E-state index >= 15 is 0 Å². The number of fused-ring (bicyclic) bond motifs is 1. The predicted octanol–water partition coefficient (Wildman–Crippen LogP) is 1.89. The number of hydrogen-bond donors (Lipinski definition) is 1. The molecule has 2 aromatic rings. The predicted molar refractivity (Wildman–Crippen MR) is 70.1 cm³/mol. The zero-order valence-electron chi connectivity index (χ0n) is 10.5. The number of esters is 1. The van der Waals surface area contributed by atoms with Crippen LogP contribution in [0.2, 0.25) is 0 Å². The van der Waals surface area contributed by atoms with Crippen molar-refractivity contribution in [3.05, 3.63) is 42.2 Å². The lowest BCUT2D eigenvalue weighted by Gasteiger charge is -2.11. The highest BCUT2D eigenvalue weighted by Crippen LogP contribution is 2.14. The first-order chi connectivity index (χ1) is 8.70. The Bertz CT molecular complexity index is 554. The molecule has 1 aromatic carbocycles. The van der Waals surface area contributed by atoms with Crippen molar-refractivity contribution < 1.29 is 9.53 Å². The number of carbonyl (C=O) groups is 1. The molecule has 4 heteroatoms. The molecule has 18 heavy (non-hydrogen) atoms. The number of ether oxygens (including phenoxy) is 1. The van der Waals surface area contributed by atoms with Gasteiger partial charge in [-0.2, -0.15) is 0 Å². The fourth-order valence-electron chi connectivity index (χ4n) is 1.77. The number of nitrogens with one attached hydrogen (secondary N) is 1. The molecular weight excluding hydrogens is 228 g/mol. The van der Waals surface area contributed by atoms with E-state index in [1.807, 2.05) is 24.4 Å². The molecule has 0 radical (unpaired) electrons. The van der Waals surface area contributed by atoms with Crippen molar-refractivity contribution in [2.24, 2.45) is 0 Å². The van der Waals surface area contributed by atoms with Crippen LogP contribution in [-0.4, -0.2) is 24.1 Å². The van der Waals surface area contributed by atoms with Crippen LogP contribution < -0.4 is 5.32 Å². The summed E-state index contributed by atoms with van der Waals surface area (Å²) in [4.78, 5) is 15.3. The van der Waals surface area contributed by atoms with Crippen LogP contribution >= 0.6 is 0 Å². The number of carbonyl (C=O) groups excluding carboxylic acids is 1. The molecule has 1 heterocycles. The highest BCUT2D eigenvalue weighted by atomic mass is 16.5. The van der Waals surface area contributed by atoms with Gasteiger partial charge >= 0.3 is 5.97 Å². The molecule has 0 aliphatic rings. The van der Waals surface area contributed by atoms with Gasteiger partial charge in [0.1, 0.15) is 6.04 Å². The number of pyridine rings is 1. The van der Waals surface area contributed by atoms with Crippen molar-refractivity contribution in [2.45, 2.75) is 19.5 Å². The highest BCUT2D eigenvalue weighted by Gasteiger charge is 2.11. The lowest BCUT2D eigenvalue weighted by Crippen LogP contribution is -2.34. The van der Waals surface area contributed by atoms with E-state index in [0.717, 1.165) is 16.3 Å². The Balaban J connectivity index is 2.06. The van der Waals surface area contributed by atoms with Crippen LogP contribution in [0, 0.1) is 0 Å². The van der Waals surface area contributed by atoms with E-state index in [0.29, 0.717) is 6.54 Å². The van der Waals surface area contributed by atoms with Crippen molar-refractivity contribution in [1.82, 2.24) is 10.3 Å². The van der Waals surface area contributed by atoms with Crippen LogP contribution in [0.1, 0.15) is 12.5 Å². The molecule has 4 nitrogen and oxygen atoms in total. The molecule has 0 saturated heterocycles. The molecular formula is C14H16N2O2. The molecule has 1 unspecified atom stereocenters. The van der Waals surface area contributed by atoms with Crippen LogP contribution in [0.15, 0.2) is 36.7 Å². The van der Waals surface area contributed by atoms with Crippen molar-refractivity contribution in [2.75, 3.05) is 7.11 Å². The fourth-order valence-corrected chi connectivity index (χ4v) is 1.77. The zero-order chi connectivity index (χ0) is 13.0. The Morgan fingerprint density at radius 1 is 1.39 bits per heavy atom. The summed E-state index contributed by atoms with van der Waals surface area (Å²) in [6, 6.07) is 7.82. The van der Waals surface area contributed by atoms with Crippen molar-refractivity contribution in [1.29, 1.82) is 0 Å². The maximum absolute atomic E-state index is 11.3. The minimum atomic E-state index is -0.303. The van der Waals surface area contributed by atoms with Crippen LogP contribution in [0.25, 0.3) is 10.8 Å². The van der Waals surface area contributed by atoms with E-state index in [2.05, 4.69) is 21.1 Å². The molecule has 1 atom stereocenters. The van der Waals surface area contributed by atoms with Crippen LogP contribution in [0.3, 0.4) is 0 Å². The summed E-state index contributed by atoms with van der Waals surface area (Å²) in [7, 11) is 1.39. The maximum atomic E-state index is 11.3. The number of benzene rings is 1. The number of methoxy groups -OCH3 is 1. The molecule has 0 bridgehead atoms. The summed E-state index contributed by atoms with van der Waals surface area (Å²) < 4.78 is 4.66. The summed E-state index contributed by atoms with van der Waals surface area (Å²) in [6.45, 7) is 2.42. The lowest BCUT2D eigenvalue weighted by molar-refractivity contribution is -0.142. The summed E-state index contributed by atoms with van der Waals surface area (Å²) in [5.41, 5.74) is 1.13. The average molecular weight is 244 g/mol. The van der Waals surface area contributed by atoms with Crippen LogP contribution in [0.5, 0.6) is 0 Å². The number of hydrogen-bond acceptors (Lipinski definition) is 4. The van der Waals surface area contributed by atoms with Gasteiger partial charge in [-0.05, 0) is 30.0 Å². The maximum Gasteiger partial charge on any atom is 0.322 e. The summed E-state index contributed by atoms with van der Waals surface area (Å²) in [6.07, 6.45) is 3.61. The normalized spacial score (nSPS) is 12.3. The minimum absolute atomic E-state index is 0.250. The number of rotatable bonds is 4. The third-order valence-corrected chi connectivity index (χ3v) is 2.87. The molecule has 94 valence electrons. The quantitative estimate of drug-likeness (QED) is 0.834. The van der Waals surface area contributed by atoms with Gasteiger partial charge in [0.15, 0.2) is 0 Å². The van der Waals surface area contributed by atoms with Crippen molar-refractivity contribution in [3.8, 4) is 0 Å². The zero-order valence-corrected chi connectivity index (χ0v) is 10.5. The SMILES string of the molecule is COC(=O)C(C)NCc1ccc2cnccc2c1. The minimum Gasteiger partial charge on any atom is -0.468 e. The molecule has 0 amide bonds. The van der Waals surface area contributed by atoms with Gasteiger partial charge < -0.3 is 10.1 Å². The van der Waals surface area contributed by atoms with Crippen LogP contribution in [0.4, 0.5) is 0 Å². The number of nitrogens with zero attached hydrogens (tertiary/aromatic N) is 1. The topological polar surface area (TPSA) is 51.2 Å². The average Bonchev–Trinajstić information content (AvgIpc) is 2.43. The Morgan fingerprint density at radius 3 is 3.00 bits per heavy atom. The molecule has 1 N–H and O–H groups in total. The molecule has 0 fully saturated rings. The molecule has 0 aliphatic heterocycles. The first-order valence-corrected chi connectivity index (χ1v) is 5.84. The molecule has 0 aliphatic carbocycles. The van der Waals surface area contributed by atoms with Crippen LogP contribution in [-0.2, 0) is 16.1 Å². The van der Waals surface area contributed by atoms with Gasteiger partial charge in [0, 0.05) is 24.3 Å². The summed E-state index contributed by atoms with van der Waals surface area (Å²) in [5, 5.41) is 5.39. The second-order valence-electron chi connectivity index (χ2n) is 4.18. The first-order valence-electron chi connectivity index (χ1n) is 5.84. The Hall–Kier alpha value is -1.94. The van der Waals surface area contributed by atoms with Gasteiger partial charge in [-0.3, -0.25) is 9.78 Å². The standard InChI is InChI=1S/C14H16N2O2/c1-10(14(17)18-2)16-8-11-3-4-13-9-15-6-5-12(13)7-11/h3-7,9-10,16H,8H2,1-2H3. The lowest BCUT2D eigenvalue weighted by atomic mass is 10.1. The van der Waals surface area contributed by atoms with E-state index in [1.165, 1.54) is 7.11 Å². The highest BCUT2D eigenvalue weighted by molar-refractivity contribution is 5.82. The van der Waals surface area contributed by atoms with Gasteiger partial charge in [0.2, 0.25) is 0 Å². The second kappa shape index (κ2) is 5.60. The summed E-state index contributed by atoms with van der Waals surface area (Å²) in [5.74, 6) is -0.250. The van der Waals surface area contributed by atoms with Crippen molar-refractivity contribution in [3.63, 3.8) is 0 Å². The smallest absolute Gasteiger partial charge is 0.322 e. The van der Waals surface area contributed by atoms with Crippen molar-refractivity contribution >= 4 is 16.7 Å². The van der Waals surface area contributed by atoms with Gasteiger partial charge in [-0.1, -0.05) is 12.1 Å². The molecule has 0 spiro atoms. The monoisotopic (exact) mass is 244 g/mol. The summed E-state index contributed by atoms with van der Waals surface area (Å²) >= 11 is 0. The van der Waals surface area contributed by atoms with E-state index in [-0.39, 0.29) is 12.0 Å². The number of aromatic nitrogens is 1. The van der Waals surface area contributed by atoms with E-state index in [9.17, 15) is 4.79 Å². The largest absolute Gasteiger partial charge is 0.468 e. The second-order valence-corrected chi connectivity index (χ2v) is 4.18. The molecule has 0 saturated carbocycles. The van der Waals surface area contributed by atoms with E-state index in [1.54, 1.807) is 13.1 Å².